The molecule has 6 nitrogen and oxygen atoms in total. The van der Waals surface area contributed by atoms with Gasteiger partial charge in [-0.25, -0.2) is 0 Å². The molecule has 0 N–H and O–H groups in total. The van der Waals surface area contributed by atoms with Crippen molar-refractivity contribution in [2.24, 2.45) is 0 Å². The summed E-state index contributed by atoms with van der Waals surface area (Å²) in [5.41, 5.74) is 2.19. The van der Waals surface area contributed by atoms with Crippen molar-refractivity contribution in [1.82, 2.24) is 4.90 Å². The van der Waals surface area contributed by atoms with Gasteiger partial charge in [0, 0.05) is 6.54 Å². The summed E-state index contributed by atoms with van der Waals surface area (Å²) in [4.78, 5) is 29.1. The van der Waals surface area contributed by atoms with Gasteiger partial charge in [0.05, 0.1) is 24.1 Å². The van der Waals surface area contributed by atoms with Crippen LogP contribution in [0.25, 0.3) is 11.0 Å². The Balaban J connectivity index is 1.47. The van der Waals surface area contributed by atoms with Crippen LogP contribution in [0.1, 0.15) is 33.3 Å². The number of methoxy groups -OCH3 is 1. The van der Waals surface area contributed by atoms with Gasteiger partial charge in [0.2, 0.25) is 5.76 Å². The molecular weight excluding hydrogens is 466 g/mol. The number of rotatable bonds is 6. The molecule has 0 bridgehead atoms. The fourth-order valence-corrected chi connectivity index (χ4v) is 4.78. The lowest BCUT2D eigenvalue weighted by Crippen LogP contribution is -2.29. The number of amides is 1. The molecule has 1 aliphatic heterocycles. The predicted molar refractivity (Wildman–Crippen MR) is 140 cm³/mol. The zero-order chi connectivity index (χ0) is 25.4. The van der Waals surface area contributed by atoms with Gasteiger partial charge >= 0.3 is 0 Å². The van der Waals surface area contributed by atoms with E-state index in [9.17, 15) is 9.59 Å². The number of hydrogen-bond acceptors (Lipinski definition) is 5. The van der Waals surface area contributed by atoms with Crippen LogP contribution in [0.5, 0.6) is 17.2 Å². The molecule has 1 atom stereocenters. The van der Waals surface area contributed by atoms with Gasteiger partial charge in [-0.3, -0.25) is 9.59 Å². The molecule has 6 heteroatoms. The van der Waals surface area contributed by atoms with E-state index in [-0.39, 0.29) is 23.6 Å². The molecule has 1 amide bonds. The summed E-state index contributed by atoms with van der Waals surface area (Å²) < 4.78 is 17.4. The standard InChI is InChI=1S/C31H23NO5/c1-35-22-16-14-20(15-17-22)19-32-28(21-8-7-11-24(18-21)36-23-9-3-2-4-10-23)27-29(33)25-12-5-6-13-26(25)37-30(27)31(32)34/h2-18,28H,19H2,1H3. The Morgan fingerprint density at radius 1 is 0.784 bits per heavy atom. The van der Waals surface area contributed by atoms with Gasteiger partial charge in [-0.05, 0) is 59.7 Å². The first kappa shape index (κ1) is 22.6. The summed E-state index contributed by atoms with van der Waals surface area (Å²) in [5, 5.41) is 0.446. The Labute approximate surface area is 213 Å². The summed E-state index contributed by atoms with van der Waals surface area (Å²) in [7, 11) is 1.61. The molecule has 4 aromatic carbocycles. The molecule has 1 aliphatic rings. The van der Waals surface area contributed by atoms with E-state index in [2.05, 4.69) is 0 Å². The average molecular weight is 490 g/mol. The van der Waals surface area contributed by atoms with Crippen molar-refractivity contribution < 1.29 is 18.7 Å². The van der Waals surface area contributed by atoms with Crippen LogP contribution in [0.3, 0.4) is 0 Å². The Bertz CT molecular complexity index is 1660. The molecule has 2 heterocycles. The van der Waals surface area contributed by atoms with Gasteiger partial charge in [0.1, 0.15) is 22.8 Å². The van der Waals surface area contributed by atoms with Gasteiger partial charge in [-0.1, -0.05) is 54.6 Å². The third-order valence-electron chi connectivity index (χ3n) is 6.54. The van der Waals surface area contributed by atoms with Crippen molar-refractivity contribution in [3.05, 3.63) is 136 Å². The van der Waals surface area contributed by atoms with E-state index >= 15 is 0 Å². The molecule has 0 saturated heterocycles. The zero-order valence-electron chi connectivity index (χ0n) is 20.1. The fraction of sp³-hybridized carbons (Fsp3) is 0.0968. The van der Waals surface area contributed by atoms with E-state index in [4.69, 9.17) is 13.9 Å². The topological polar surface area (TPSA) is 69.0 Å². The van der Waals surface area contributed by atoms with Crippen LogP contribution in [0.2, 0.25) is 0 Å². The van der Waals surface area contributed by atoms with E-state index in [1.807, 2.05) is 78.9 Å². The van der Waals surface area contributed by atoms with Crippen LogP contribution in [0, 0.1) is 0 Å². The molecule has 0 aliphatic carbocycles. The minimum absolute atomic E-state index is 0.0802. The summed E-state index contributed by atoms with van der Waals surface area (Å²) in [6.07, 6.45) is 0. The quantitative estimate of drug-likeness (QED) is 0.278. The number of benzene rings is 4. The molecule has 0 radical (unpaired) electrons. The smallest absolute Gasteiger partial charge is 0.291 e. The molecule has 182 valence electrons. The summed E-state index contributed by atoms with van der Waals surface area (Å²) >= 11 is 0. The first-order valence-electron chi connectivity index (χ1n) is 11.9. The number of fused-ring (bicyclic) bond motifs is 2. The van der Waals surface area contributed by atoms with Crippen molar-refractivity contribution in [2.45, 2.75) is 12.6 Å². The summed E-state index contributed by atoms with van der Waals surface area (Å²) in [6, 6.07) is 30.9. The number of para-hydroxylation sites is 2. The number of nitrogens with zero attached hydrogens (tertiary/aromatic N) is 1. The second-order valence-corrected chi connectivity index (χ2v) is 8.84. The zero-order valence-corrected chi connectivity index (χ0v) is 20.1. The average Bonchev–Trinajstić information content (AvgIpc) is 3.21. The second-order valence-electron chi connectivity index (χ2n) is 8.84. The van der Waals surface area contributed by atoms with Crippen molar-refractivity contribution in [3.8, 4) is 17.2 Å². The minimum Gasteiger partial charge on any atom is -0.497 e. The van der Waals surface area contributed by atoms with Gasteiger partial charge in [-0.2, -0.15) is 0 Å². The third-order valence-corrected chi connectivity index (χ3v) is 6.54. The van der Waals surface area contributed by atoms with Crippen molar-refractivity contribution in [2.75, 3.05) is 7.11 Å². The lowest BCUT2D eigenvalue weighted by molar-refractivity contribution is 0.0714. The molecule has 6 rings (SSSR count). The van der Waals surface area contributed by atoms with Crippen LogP contribution in [0.15, 0.2) is 112 Å². The molecule has 1 aromatic heterocycles. The van der Waals surface area contributed by atoms with Gasteiger partial charge in [0.15, 0.2) is 5.43 Å². The first-order valence-corrected chi connectivity index (χ1v) is 11.9. The highest BCUT2D eigenvalue weighted by atomic mass is 16.5. The van der Waals surface area contributed by atoms with E-state index in [0.29, 0.717) is 28.0 Å². The Morgan fingerprint density at radius 2 is 1.51 bits per heavy atom. The van der Waals surface area contributed by atoms with Crippen molar-refractivity contribution >= 4 is 16.9 Å². The van der Waals surface area contributed by atoms with Gasteiger partial charge in [-0.15, -0.1) is 0 Å². The van der Waals surface area contributed by atoms with E-state index in [0.717, 1.165) is 16.9 Å². The summed E-state index contributed by atoms with van der Waals surface area (Å²) in [6.45, 7) is 0.289. The highest BCUT2D eigenvalue weighted by Gasteiger charge is 2.42. The minimum atomic E-state index is -0.634. The Kier molecular flexibility index (Phi) is 5.69. The Hall–Kier alpha value is -4.84. The molecule has 0 saturated carbocycles. The molecule has 37 heavy (non-hydrogen) atoms. The molecule has 5 aromatic rings. The first-order chi connectivity index (χ1) is 18.1. The maximum Gasteiger partial charge on any atom is 0.291 e. The SMILES string of the molecule is COc1ccc(CN2C(=O)c3oc4ccccc4c(=O)c3C2c2cccc(Oc3ccccc3)c2)cc1. The normalized spacial score (nSPS) is 14.6. The van der Waals surface area contributed by atoms with Gasteiger partial charge in [0.25, 0.3) is 5.91 Å². The van der Waals surface area contributed by atoms with Gasteiger partial charge < -0.3 is 18.8 Å². The number of carbonyl (C=O) groups excluding carboxylic acids is 1. The van der Waals surface area contributed by atoms with Crippen molar-refractivity contribution in [1.29, 1.82) is 0 Å². The number of hydrogen-bond donors (Lipinski definition) is 0. The second kappa shape index (κ2) is 9.32. The maximum atomic E-state index is 13.7. The van der Waals surface area contributed by atoms with Crippen LogP contribution in [0.4, 0.5) is 0 Å². The van der Waals surface area contributed by atoms with Crippen LogP contribution < -0.4 is 14.9 Å². The molecule has 0 fully saturated rings. The molecule has 1 unspecified atom stereocenters. The van der Waals surface area contributed by atoms with Crippen LogP contribution >= 0.6 is 0 Å². The highest BCUT2D eigenvalue weighted by molar-refractivity contribution is 5.99. The lowest BCUT2D eigenvalue weighted by Gasteiger charge is -2.25. The lowest BCUT2D eigenvalue weighted by atomic mass is 9.98. The van der Waals surface area contributed by atoms with E-state index < -0.39 is 6.04 Å². The van der Waals surface area contributed by atoms with Crippen LogP contribution in [-0.2, 0) is 6.54 Å². The summed E-state index contributed by atoms with van der Waals surface area (Å²) in [5.74, 6) is 1.79. The molecular formula is C31H23NO5. The number of ether oxygens (including phenoxy) is 2. The van der Waals surface area contributed by atoms with Crippen molar-refractivity contribution in [3.63, 3.8) is 0 Å². The monoisotopic (exact) mass is 489 g/mol. The van der Waals surface area contributed by atoms with E-state index in [1.165, 1.54) is 0 Å². The fourth-order valence-electron chi connectivity index (χ4n) is 4.78. The molecule has 0 spiro atoms. The Morgan fingerprint density at radius 3 is 2.30 bits per heavy atom. The maximum absolute atomic E-state index is 13.7. The predicted octanol–water partition coefficient (Wildman–Crippen LogP) is 6.34. The van der Waals surface area contributed by atoms with E-state index in [1.54, 1.807) is 36.3 Å². The third kappa shape index (κ3) is 4.12. The largest absolute Gasteiger partial charge is 0.497 e. The number of carbonyl (C=O) groups is 1. The highest BCUT2D eigenvalue weighted by Crippen LogP contribution is 2.40. The van der Waals surface area contributed by atoms with Crippen LogP contribution in [-0.4, -0.2) is 17.9 Å².